The van der Waals surface area contributed by atoms with Crippen molar-refractivity contribution in [3.8, 4) is 34.5 Å². The highest BCUT2D eigenvalue weighted by Gasteiger charge is 2.19. The number of carbonyl (C=O) groups excluding carboxylic acids is 1. The molecule has 0 aliphatic rings. The molecule has 0 unspecified atom stereocenters. The molecule has 1 amide bonds. The largest absolute Gasteiger partial charge is 0.481 e. The fraction of sp³-hybridized carbons (Fsp3) is 0.208. The zero-order valence-corrected chi connectivity index (χ0v) is 18.0. The van der Waals surface area contributed by atoms with Crippen LogP contribution in [0.4, 0.5) is 0 Å². The van der Waals surface area contributed by atoms with Crippen LogP contribution in [0.25, 0.3) is 33.5 Å². The van der Waals surface area contributed by atoms with Gasteiger partial charge in [0.15, 0.2) is 0 Å². The van der Waals surface area contributed by atoms with Crippen LogP contribution < -0.4 is 10.1 Å². The molecule has 0 bridgehead atoms. The number of H-pyrrole nitrogens is 1. The normalized spacial score (nSPS) is 11.2. The summed E-state index contributed by atoms with van der Waals surface area (Å²) in [5.74, 6) is 0.215. The minimum Gasteiger partial charge on any atom is -0.481 e. The number of rotatable bonds is 6. The van der Waals surface area contributed by atoms with Crippen LogP contribution in [0.5, 0.6) is 5.88 Å². The fourth-order valence-electron chi connectivity index (χ4n) is 3.15. The summed E-state index contributed by atoms with van der Waals surface area (Å²) in [6.07, 6.45) is 3.41. The van der Waals surface area contributed by atoms with E-state index in [9.17, 15) is 4.79 Å². The van der Waals surface area contributed by atoms with Gasteiger partial charge in [-0.05, 0) is 44.2 Å². The number of pyridine rings is 3. The lowest BCUT2D eigenvalue weighted by molar-refractivity contribution is 0.0939. The van der Waals surface area contributed by atoms with Gasteiger partial charge >= 0.3 is 0 Å². The van der Waals surface area contributed by atoms with Crippen molar-refractivity contribution < 1.29 is 9.53 Å². The Morgan fingerprint density at radius 1 is 1.19 bits per heavy atom. The second-order valence-electron chi connectivity index (χ2n) is 8.02. The zero-order valence-electron chi connectivity index (χ0n) is 18.0. The van der Waals surface area contributed by atoms with Crippen molar-refractivity contribution in [1.82, 2.24) is 25.3 Å². The van der Waals surface area contributed by atoms with Crippen LogP contribution in [0.15, 0.2) is 54.9 Å². The van der Waals surface area contributed by atoms with Crippen molar-refractivity contribution in [3.63, 3.8) is 0 Å². The summed E-state index contributed by atoms with van der Waals surface area (Å²) in [4.78, 5) is 29.0. The summed E-state index contributed by atoms with van der Waals surface area (Å²) in [5, 5.41) is 12.8. The number of aromatic amines is 1. The molecular weight excluding hydrogens is 404 g/mol. The molecule has 32 heavy (non-hydrogen) atoms. The number of amides is 1. The van der Waals surface area contributed by atoms with E-state index in [1.165, 1.54) is 0 Å². The van der Waals surface area contributed by atoms with Crippen LogP contribution in [0.3, 0.4) is 0 Å². The number of nitrogens with one attached hydrogen (secondary N) is 2. The quantitative estimate of drug-likeness (QED) is 0.482. The lowest BCUT2D eigenvalue weighted by Crippen LogP contribution is -2.33. The van der Waals surface area contributed by atoms with Crippen LogP contribution >= 0.6 is 0 Å². The van der Waals surface area contributed by atoms with E-state index < -0.39 is 5.41 Å². The Bertz CT molecular complexity index is 1340. The van der Waals surface area contributed by atoms with Crippen molar-refractivity contribution in [3.05, 3.63) is 60.6 Å². The van der Waals surface area contributed by atoms with Crippen molar-refractivity contribution in [1.29, 1.82) is 5.26 Å². The van der Waals surface area contributed by atoms with Crippen LogP contribution in [0.2, 0.25) is 0 Å². The van der Waals surface area contributed by atoms with Gasteiger partial charge in [-0.3, -0.25) is 4.79 Å². The first-order chi connectivity index (χ1) is 15.4. The standard InChI is InChI=1S/C24H22N6O2/c1-24(2,13-25)14-28-23(31)19-6-4-5-18(29-19)17-9-16-10-20(30-22(16)27-12-17)15-7-8-26-21(11-15)32-3/h4-12H,14H2,1-3H3,(H,27,30)(H,28,31). The highest BCUT2D eigenvalue weighted by Crippen LogP contribution is 2.27. The molecular formula is C24H22N6O2. The van der Waals surface area contributed by atoms with Crippen molar-refractivity contribution >= 4 is 16.9 Å². The van der Waals surface area contributed by atoms with Crippen LogP contribution in [-0.2, 0) is 0 Å². The minimum atomic E-state index is -0.646. The summed E-state index contributed by atoms with van der Waals surface area (Å²) in [6, 6.07) is 15.1. The van der Waals surface area contributed by atoms with Gasteiger partial charge in [-0.1, -0.05) is 6.07 Å². The number of nitrogens with zero attached hydrogens (tertiary/aromatic N) is 4. The fourth-order valence-corrected chi connectivity index (χ4v) is 3.15. The molecule has 8 heteroatoms. The SMILES string of the molecule is COc1cc(-c2cc3cc(-c4cccc(C(=O)NCC(C)(C)C#N)n4)cnc3[nH]2)ccn1. The van der Waals surface area contributed by atoms with Crippen molar-refractivity contribution in [2.75, 3.05) is 13.7 Å². The van der Waals surface area contributed by atoms with E-state index in [-0.39, 0.29) is 18.1 Å². The molecule has 0 aromatic carbocycles. The number of hydrogen-bond acceptors (Lipinski definition) is 6. The third kappa shape index (κ3) is 4.42. The molecule has 4 heterocycles. The second-order valence-corrected chi connectivity index (χ2v) is 8.02. The zero-order chi connectivity index (χ0) is 22.7. The first-order valence-electron chi connectivity index (χ1n) is 10.0. The molecule has 0 saturated carbocycles. The first kappa shape index (κ1) is 21.0. The Kier molecular flexibility index (Phi) is 5.56. The Labute approximate surface area is 185 Å². The number of aromatic nitrogens is 4. The summed E-state index contributed by atoms with van der Waals surface area (Å²) in [7, 11) is 1.58. The van der Waals surface area contributed by atoms with Gasteiger partial charge in [-0.2, -0.15) is 5.26 Å². The Balaban J connectivity index is 1.61. The van der Waals surface area contributed by atoms with E-state index in [0.717, 1.165) is 27.9 Å². The molecule has 0 atom stereocenters. The van der Waals surface area contributed by atoms with Gasteiger partial charge in [0.1, 0.15) is 11.3 Å². The Hall–Kier alpha value is -4.25. The van der Waals surface area contributed by atoms with Gasteiger partial charge in [-0.25, -0.2) is 15.0 Å². The minimum absolute atomic E-state index is 0.244. The van der Waals surface area contributed by atoms with E-state index >= 15 is 0 Å². The smallest absolute Gasteiger partial charge is 0.269 e. The van der Waals surface area contributed by atoms with E-state index in [2.05, 4.69) is 31.3 Å². The molecule has 0 saturated heterocycles. The lowest BCUT2D eigenvalue weighted by atomic mass is 9.96. The molecule has 0 fully saturated rings. The molecule has 4 aromatic rings. The Morgan fingerprint density at radius 3 is 2.81 bits per heavy atom. The number of fused-ring (bicyclic) bond motifs is 1. The third-order valence-electron chi connectivity index (χ3n) is 5.00. The number of carbonyl (C=O) groups is 1. The van der Waals surface area contributed by atoms with E-state index in [0.29, 0.717) is 11.6 Å². The molecule has 0 spiro atoms. The number of methoxy groups -OCH3 is 1. The molecule has 4 rings (SSSR count). The number of hydrogen-bond donors (Lipinski definition) is 2. The van der Waals surface area contributed by atoms with Gasteiger partial charge in [0, 0.05) is 47.2 Å². The maximum absolute atomic E-state index is 12.5. The highest BCUT2D eigenvalue weighted by atomic mass is 16.5. The second kappa shape index (κ2) is 8.47. The molecule has 0 aliphatic heterocycles. The number of nitriles is 1. The molecule has 4 aromatic heterocycles. The van der Waals surface area contributed by atoms with Gasteiger partial charge in [-0.15, -0.1) is 0 Å². The first-order valence-corrected chi connectivity index (χ1v) is 10.0. The summed E-state index contributed by atoms with van der Waals surface area (Å²) < 4.78 is 5.20. The maximum atomic E-state index is 12.5. The van der Waals surface area contributed by atoms with Gasteiger partial charge in [0.2, 0.25) is 5.88 Å². The molecule has 8 nitrogen and oxygen atoms in total. The van der Waals surface area contributed by atoms with Crippen LogP contribution in [0, 0.1) is 16.7 Å². The molecule has 160 valence electrons. The summed E-state index contributed by atoms with van der Waals surface area (Å²) >= 11 is 0. The lowest BCUT2D eigenvalue weighted by Gasteiger charge is -2.15. The highest BCUT2D eigenvalue weighted by molar-refractivity contribution is 5.93. The molecule has 0 aliphatic carbocycles. The molecule has 2 N–H and O–H groups in total. The van der Waals surface area contributed by atoms with Gasteiger partial charge in [0.25, 0.3) is 5.91 Å². The average Bonchev–Trinajstić information content (AvgIpc) is 3.26. The van der Waals surface area contributed by atoms with Crippen molar-refractivity contribution in [2.24, 2.45) is 5.41 Å². The summed E-state index contributed by atoms with van der Waals surface area (Å²) in [5.41, 5.74) is 3.65. The van der Waals surface area contributed by atoms with E-state index in [1.54, 1.807) is 45.5 Å². The van der Waals surface area contributed by atoms with Gasteiger partial charge in [0.05, 0.1) is 24.3 Å². The summed E-state index contributed by atoms with van der Waals surface area (Å²) in [6.45, 7) is 3.78. The van der Waals surface area contributed by atoms with Gasteiger partial charge < -0.3 is 15.0 Å². The maximum Gasteiger partial charge on any atom is 0.269 e. The van der Waals surface area contributed by atoms with Crippen LogP contribution in [-0.4, -0.2) is 39.5 Å². The van der Waals surface area contributed by atoms with E-state index in [4.69, 9.17) is 10.00 Å². The number of ether oxygens (including phenoxy) is 1. The topological polar surface area (TPSA) is 117 Å². The monoisotopic (exact) mass is 426 g/mol. The predicted octanol–water partition coefficient (Wildman–Crippen LogP) is 3.98. The predicted molar refractivity (Wildman–Crippen MR) is 121 cm³/mol. The van der Waals surface area contributed by atoms with Crippen LogP contribution in [0.1, 0.15) is 24.3 Å². The van der Waals surface area contributed by atoms with Crippen molar-refractivity contribution in [2.45, 2.75) is 13.8 Å². The Morgan fingerprint density at radius 2 is 2.03 bits per heavy atom. The average molecular weight is 426 g/mol. The van der Waals surface area contributed by atoms with E-state index in [1.807, 2.05) is 30.3 Å². The molecule has 0 radical (unpaired) electrons. The third-order valence-corrected chi connectivity index (χ3v) is 5.00.